The van der Waals surface area contributed by atoms with Crippen LogP contribution in [0.1, 0.15) is 62.3 Å². The number of ether oxygens (including phenoxy) is 1. The largest absolute Gasteiger partial charge is 0.483 e. The van der Waals surface area contributed by atoms with Crippen LogP contribution in [0.4, 0.5) is 0 Å². The number of carbonyl (C=O) groups is 2. The predicted molar refractivity (Wildman–Crippen MR) is 150 cm³/mol. The molecule has 0 aliphatic carbocycles. The second-order valence-corrected chi connectivity index (χ2v) is 9.95. The van der Waals surface area contributed by atoms with Crippen molar-refractivity contribution >= 4 is 11.8 Å². The van der Waals surface area contributed by atoms with E-state index in [4.69, 9.17) is 4.74 Å². The molecule has 3 aromatic carbocycles. The lowest BCUT2D eigenvalue weighted by atomic mass is 10.0. The van der Waals surface area contributed by atoms with E-state index in [1.54, 1.807) is 4.90 Å². The Labute approximate surface area is 221 Å². The van der Waals surface area contributed by atoms with Gasteiger partial charge in [0.25, 0.3) is 5.91 Å². The van der Waals surface area contributed by atoms with Crippen molar-refractivity contribution < 1.29 is 14.3 Å². The van der Waals surface area contributed by atoms with Gasteiger partial charge in [-0.2, -0.15) is 0 Å². The van der Waals surface area contributed by atoms with Crippen molar-refractivity contribution in [1.29, 1.82) is 0 Å². The topological polar surface area (TPSA) is 58.6 Å². The molecule has 0 fully saturated rings. The zero-order valence-electron chi connectivity index (χ0n) is 22.7. The van der Waals surface area contributed by atoms with E-state index in [0.717, 1.165) is 28.7 Å². The molecule has 0 unspecified atom stereocenters. The average Bonchev–Trinajstić information content (AvgIpc) is 2.90. The van der Waals surface area contributed by atoms with Crippen LogP contribution in [0.15, 0.2) is 78.9 Å². The molecular weight excluding hydrogens is 460 g/mol. The summed E-state index contributed by atoms with van der Waals surface area (Å²) in [6.45, 7) is 10.4. The van der Waals surface area contributed by atoms with E-state index in [0.29, 0.717) is 18.7 Å². The normalized spacial score (nSPS) is 12.6. The van der Waals surface area contributed by atoms with Gasteiger partial charge in [-0.1, -0.05) is 93.6 Å². The molecule has 0 aliphatic rings. The van der Waals surface area contributed by atoms with Crippen LogP contribution >= 0.6 is 0 Å². The first-order valence-corrected chi connectivity index (χ1v) is 13.2. The van der Waals surface area contributed by atoms with E-state index in [-0.39, 0.29) is 30.4 Å². The summed E-state index contributed by atoms with van der Waals surface area (Å²) in [6, 6.07) is 25.0. The molecule has 3 rings (SSSR count). The first kappa shape index (κ1) is 28.0. The van der Waals surface area contributed by atoms with Crippen molar-refractivity contribution in [3.05, 3.63) is 101 Å². The van der Waals surface area contributed by atoms with Crippen molar-refractivity contribution in [2.45, 2.75) is 72.0 Å². The van der Waals surface area contributed by atoms with Gasteiger partial charge in [0.1, 0.15) is 11.8 Å². The number of aryl methyl sites for hydroxylation is 1. The molecule has 37 heavy (non-hydrogen) atoms. The smallest absolute Gasteiger partial charge is 0.261 e. The second-order valence-electron chi connectivity index (χ2n) is 9.95. The van der Waals surface area contributed by atoms with E-state index < -0.39 is 6.04 Å². The Kier molecular flexibility index (Phi) is 10.3. The molecule has 0 saturated heterocycles. The van der Waals surface area contributed by atoms with Crippen LogP contribution in [0.25, 0.3) is 0 Å². The molecule has 0 bridgehead atoms. The lowest BCUT2D eigenvalue weighted by Gasteiger charge is -2.32. The van der Waals surface area contributed by atoms with Gasteiger partial charge in [-0.05, 0) is 54.5 Å². The molecule has 2 atom stereocenters. The highest BCUT2D eigenvalue weighted by Gasteiger charge is 2.31. The summed E-state index contributed by atoms with van der Waals surface area (Å²) < 4.78 is 6.07. The van der Waals surface area contributed by atoms with Gasteiger partial charge in [0.2, 0.25) is 5.91 Å². The Hall–Kier alpha value is -3.60. The van der Waals surface area contributed by atoms with E-state index in [9.17, 15) is 9.59 Å². The molecule has 0 radical (unpaired) electrons. The lowest BCUT2D eigenvalue weighted by Crippen LogP contribution is -2.53. The van der Waals surface area contributed by atoms with Crippen molar-refractivity contribution in [1.82, 2.24) is 10.2 Å². The van der Waals surface area contributed by atoms with Crippen LogP contribution in [0, 0.1) is 6.92 Å². The summed E-state index contributed by atoms with van der Waals surface area (Å²) in [5, 5.41) is 3.11. The predicted octanol–water partition coefficient (Wildman–Crippen LogP) is 6.05. The summed E-state index contributed by atoms with van der Waals surface area (Å²) in [6.07, 6.45) is 1.23. The minimum absolute atomic E-state index is 0.00959. The maximum absolute atomic E-state index is 13.8. The number of para-hydroxylation sites is 1. The third kappa shape index (κ3) is 7.94. The van der Waals surface area contributed by atoms with Crippen molar-refractivity contribution in [3.63, 3.8) is 0 Å². The Morgan fingerprint density at radius 2 is 1.54 bits per heavy atom. The highest BCUT2D eigenvalue weighted by Crippen LogP contribution is 2.26. The van der Waals surface area contributed by atoms with E-state index >= 15 is 0 Å². The van der Waals surface area contributed by atoms with Crippen LogP contribution in [0.3, 0.4) is 0 Å². The third-order valence-electron chi connectivity index (χ3n) is 6.77. The lowest BCUT2D eigenvalue weighted by molar-refractivity contribution is -0.143. The average molecular weight is 501 g/mol. The number of hydrogen-bond acceptors (Lipinski definition) is 3. The number of nitrogens with zero attached hydrogens (tertiary/aromatic N) is 1. The molecule has 0 saturated carbocycles. The summed E-state index contributed by atoms with van der Waals surface area (Å²) in [5.74, 6) is 0.594. The Bertz CT molecular complexity index is 1160. The molecule has 0 aromatic heterocycles. The van der Waals surface area contributed by atoms with Crippen LogP contribution in [0.2, 0.25) is 0 Å². The maximum atomic E-state index is 13.8. The number of nitrogens with one attached hydrogen (secondary N) is 1. The Morgan fingerprint density at radius 1 is 0.892 bits per heavy atom. The fraction of sp³-hybridized carbons (Fsp3) is 0.375. The number of carbonyl (C=O) groups excluding carboxylic acids is 2. The fourth-order valence-corrected chi connectivity index (χ4v) is 4.28. The van der Waals surface area contributed by atoms with Crippen molar-refractivity contribution in [3.8, 4) is 5.75 Å². The molecule has 5 heteroatoms. The van der Waals surface area contributed by atoms with Crippen LogP contribution < -0.4 is 10.1 Å². The molecule has 1 N–H and O–H groups in total. The highest BCUT2D eigenvalue weighted by atomic mass is 16.5. The van der Waals surface area contributed by atoms with Crippen molar-refractivity contribution in [2.75, 3.05) is 6.61 Å². The van der Waals surface area contributed by atoms with Crippen LogP contribution in [0.5, 0.6) is 5.75 Å². The molecule has 0 spiro atoms. The standard InChI is InChI=1S/C32H40N2O3/c1-6-25(5)33-32(36)29(20-26-15-8-7-9-16-26)34(21-27-17-11-10-14-24(27)4)31(35)22-37-30-19-13-12-18-28(30)23(2)3/h7-19,23,25,29H,6,20-22H2,1-5H3,(H,33,36)/t25-,29+/m0/s1. The zero-order chi connectivity index (χ0) is 26.8. The number of benzene rings is 3. The molecule has 196 valence electrons. The van der Waals surface area contributed by atoms with Gasteiger partial charge in [-0.3, -0.25) is 9.59 Å². The van der Waals surface area contributed by atoms with E-state index in [1.165, 1.54) is 0 Å². The Balaban J connectivity index is 1.95. The first-order chi connectivity index (χ1) is 17.8. The summed E-state index contributed by atoms with van der Waals surface area (Å²) >= 11 is 0. The Morgan fingerprint density at radius 3 is 2.22 bits per heavy atom. The minimum atomic E-state index is -0.674. The highest BCUT2D eigenvalue weighted by molar-refractivity contribution is 5.88. The minimum Gasteiger partial charge on any atom is -0.483 e. The van der Waals surface area contributed by atoms with Crippen molar-refractivity contribution in [2.24, 2.45) is 0 Å². The van der Waals surface area contributed by atoms with Gasteiger partial charge in [-0.15, -0.1) is 0 Å². The SMILES string of the molecule is CC[C@H](C)NC(=O)[C@@H](Cc1ccccc1)N(Cc1ccccc1C)C(=O)COc1ccccc1C(C)C. The summed E-state index contributed by atoms with van der Waals surface area (Å²) in [4.78, 5) is 29.1. The quantitative estimate of drug-likeness (QED) is 0.329. The van der Waals surface area contributed by atoms with Crippen LogP contribution in [-0.4, -0.2) is 35.4 Å². The molecular formula is C32H40N2O3. The third-order valence-corrected chi connectivity index (χ3v) is 6.77. The van der Waals surface area contributed by atoms with Gasteiger partial charge >= 0.3 is 0 Å². The molecule has 0 aliphatic heterocycles. The first-order valence-electron chi connectivity index (χ1n) is 13.2. The van der Waals surface area contributed by atoms with Gasteiger partial charge in [-0.25, -0.2) is 0 Å². The van der Waals surface area contributed by atoms with Gasteiger partial charge in [0.15, 0.2) is 6.61 Å². The second kappa shape index (κ2) is 13.6. The van der Waals surface area contributed by atoms with Gasteiger partial charge < -0.3 is 15.0 Å². The number of hydrogen-bond donors (Lipinski definition) is 1. The zero-order valence-corrected chi connectivity index (χ0v) is 22.7. The number of rotatable bonds is 12. The maximum Gasteiger partial charge on any atom is 0.261 e. The van der Waals surface area contributed by atoms with E-state index in [2.05, 4.69) is 19.2 Å². The molecule has 2 amide bonds. The molecule has 0 heterocycles. The van der Waals surface area contributed by atoms with Gasteiger partial charge in [0.05, 0.1) is 0 Å². The molecule has 5 nitrogen and oxygen atoms in total. The fourth-order valence-electron chi connectivity index (χ4n) is 4.28. The van der Waals surface area contributed by atoms with Gasteiger partial charge in [0, 0.05) is 19.0 Å². The summed E-state index contributed by atoms with van der Waals surface area (Å²) in [5.41, 5.74) is 4.14. The molecule has 3 aromatic rings. The summed E-state index contributed by atoms with van der Waals surface area (Å²) in [7, 11) is 0. The number of amides is 2. The van der Waals surface area contributed by atoms with E-state index in [1.807, 2.05) is 99.6 Å². The van der Waals surface area contributed by atoms with Crippen LogP contribution in [-0.2, 0) is 22.6 Å². The monoisotopic (exact) mass is 500 g/mol.